The number of piperazine rings is 1. The van der Waals surface area contributed by atoms with Gasteiger partial charge < -0.3 is 15.5 Å². The molecule has 1 fully saturated rings. The van der Waals surface area contributed by atoms with E-state index in [9.17, 15) is 4.79 Å². The van der Waals surface area contributed by atoms with E-state index in [4.69, 9.17) is 11.1 Å². The number of carbonyl (C=O) groups excluding carboxylic acids is 1. The molecule has 98 valence electrons. The van der Waals surface area contributed by atoms with E-state index in [1.165, 1.54) is 0 Å². The molecule has 17 heavy (non-hydrogen) atoms. The number of nitrogens with two attached hydrogens (primary N) is 1. The molecule has 0 radical (unpaired) electrons. The van der Waals surface area contributed by atoms with Crippen LogP contribution in [0.5, 0.6) is 0 Å². The lowest BCUT2D eigenvalue weighted by Gasteiger charge is -2.36. The standard InChI is InChI=1S/C11H23N5O/c1-3-15(4-2)11(17)16-7-5-14(6-8-16)9-10(12)13/h3-9H2,1-2H3,(H3,12,13). The first kappa shape index (κ1) is 13.8. The summed E-state index contributed by atoms with van der Waals surface area (Å²) in [6.07, 6.45) is 0. The molecule has 0 bridgehead atoms. The van der Waals surface area contributed by atoms with Gasteiger partial charge in [-0.1, -0.05) is 0 Å². The number of nitrogens with zero attached hydrogens (tertiary/aromatic N) is 3. The molecule has 0 aromatic heterocycles. The molecule has 2 amide bonds. The van der Waals surface area contributed by atoms with Gasteiger partial charge in [0.2, 0.25) is 0 Å². The van der Waals surface area contributed by atoms with Gasteiger partial charge in [-0.25, -0.2) is 4.79 Å². The summed E-state index contributed by atoms with van der Waals surface area (Å²) >= 11 is 0. The van der Waals surface area contributed by atoms with Crippen molar-refractivity contribution in [2.24, 2.45) is 5.73 Å². The maximum Gasteiger partial charge on any atom is 0.320 e. The van der Waals surface area contributed by atoms with Gasteiger partial charge >= 0.3 is 6.03 Å². The summed E-state index contributed by atoms with van der Waals surface area (Å²) in [6, 6.07) is 0.123. The van der Waals surface area contributed by atoms with Crippen LogP contribution in [-0.2, 0) is 0 Å². The van der Waals surface area contributed by atoms with Gasteiger partial charge in [-0.15, -0.1) is 0 Å². The van der Waals surface area contributed by atoms with Crippen LogP contribution in [0.3, 0.4) is 0 Å². The molecular formula is C11H23N5O. The molecule has 0 aromatic rings. The Morgan fingerprint density at radius 1 is 1.24 bits per heavy atom. The van der Waals surface area contributed by atoms with E-state index < -0.39 is 0 Å². The number of nitrogens with one attached hydrogen (secondary N) is 1. The van der Waals surface area contributed by atoms with E-state index in [2.05, 4.69) is 4.90 Å². The minimum atomic E-state index is 0.123. The number of amides is 2. The van der Waals surface area contributed by atoms with Crippen molar-refractivity contribution < 1.29 is 4.79 Å². The first-order chi connectivity index (χ1) is 8.08. The zero-order valence-electron chi connectivity index (χ0n) is 10.8. The van der Waals surface area contributed by atoms with Gasteiger partial charge in [-0.05, 0) is 13.8 Å². The molecule has 1 heterocycles. The van der Waals surface area contributed by atoms with Crippen molar-refractivity contribution in [3.63, 3.8) is 0 Å². The molecular weight excluding hydrogens is 218 g/mol. The molecule has 0 atom stereocenters. The Hall–Kier alpha value is -1.30. The lowest BCUT2D eigenvalue weighted by molar-refractivity contribution is 0.121. The molecule has 0 unspecified atom stereocenters. The second kappa shape index (κ2) is 6.44. The van der Waals surface area contributed by atoms with Crippen molar-refractivity contribution >= 4 is 11.9 Å². The van der Waals surface area contributed by atoms with Crippen molar-refractivity contribution in [3.05, 3.63) is 0 Å². The van der Waals surface area contributed by atoms with Crippen molar-refractivity contribution in [2.75, 3.05) is 45.8 Å². The minimum absolute atomic E-state index is 0.123. The molecule has 0 saturated carbocycles. The van der Waals surface area contributed by atoms with E-state index in [1.54, 1.807) is 0 Å². The van der Waals surface area contributed by atoms with Crippen LogP contribution < -0.4 is 5.73 Å². The molecule has 1 saturated heterocycles. The summed E-state index contributed by atoms with van der Waals surface area (Å²) in [7, 11) is 0. The third kappa shape index (κ3) is 3.89. The number of hydrogen-bond acceptors (Lipinski definition) is 3. The average molecular weight is 241 g/mol. The zero-order chi connectivity index (χ0) is 12.8. The third-order valence-corrected chi connectivity index (χ3v) is 3.07. The highest BCUT2D eigenvalue weighted by Gasteiger charge is 2.23. The van der Waals surface area contributed by atoms with Crippen LogP contribution in [0.25, 0.3) is 0 Å². The van der Waals surface area contributed by atoms with E-state index >= 15 is 0 Å². The van der Waals surface area contributed by atoms with Gasteiger partial charge in [-0.2, -0.15) is 0 Å². The van der Waals surface area contributed by atoms with E-state index in [0.29, 0.717) is 6.54 Å². The highest BCUT2D eigenvalue weighted by atomic mass is 16.2. The largest absolute Gasteiger partial charge is 0.387 e. The van der Waals surface area contributed by atoms with Crippen molar-refractivity contribution in [1.29, 1.82) is 5.41 Å². The number of hydrogen-bond donors (Lipinski definition) is 2. The van der Waals surface area contributed by atoms with Gasteiger partial charge in [0.1, 0.15) is 5.84 Å². The lowest BCUT2D eigenvalue weighted by Crippen LogP contribution is -2.53. The normalized spacial score (nSPS) is 16.9. The lowest BCUT2D eigenvalue weighted by atomic mass is 10.3. The molecule has 0 spiro atoms. The van der Waals surface area contributed by atoms with Crippen LogP contribution in [0.2, 0.25) is 0 Å². The molecule has 6 nitrogen and oxygen atoms in total. The first-order valence-electron chi connectivity index (χ1n) is 6.17. The maximum absolute atomic E-state index is 12.1. The fourth-order valence-electron chi connectivity index (χ4n) is 2.03. The molecule has 6 heteroatoms. The second-order valence-corrected chi connectivity index (χ2v) is 4.24. The van der Waals surface area contributed by atoms with Gasteiger partial charge in [0.25, 0.3) is 0 Å². The smallest absolute Gasteiger partial charge is 0.320 e. The summed E-state index contributed by atoms with van der Waals surface area (Å²) in [5, 5.41) is 7.24. The summed E-state index contributed by atoms with van der Waals surface area (Å²) in [5.74, 6) is 0.188. The molecule has 1 aliphatic heterocycles. The highest BCUT2D eigenvalue weighted by Crippen LogP contribution is 2.05. The zero-order valence-corrected chi connectivity index (χ0v) is 10.8. The van der Waals surface area contributed by atoms with Crippen molar-refractivity contribution in [2.45, 2.75) is 13.8 Å². The topological polar surface area (TPSA) is 76.7 Å². The van der Waals surface area contributed by atoms with E-state index in [0.717, 1.165) is 39.3 Å². The summed E-state index contributed by atoms with van der Waals surface area (Å²) in [4.78, 5) is 17.9. The van der Waals surface area contributed by atoms with E-state index in [-0.39, 0.29) is 11.9 Å². The Morgan fingerprint density at radius 2 is 1.76 bits per heavy atom. The predicted octanol–water partition coefficient (Wildman–Crippen LogP) is 0.00177. The quantitative estimate of drug-likeness (QED) is 0.537. The highest BCUT2D eigenvalue weighted by molar-refractivity contribution is 5.79. The Balaban J connectivity index is 2.40. The second-order valence-electron chi connectivity index (χ2n) is 4.24. The Labute approximate surface area is 103 Å². The monoisotopic (exact) mass is 241 g/mol. The predicted molar refractivity (Wildman–Crippen MR) is 68.2 cm³/mol. The van der Waals surface area contributed by atoms with Crippen molar-refractivity contribution in [3.8, 4) is 0 Å². The molecule has 0 aromatic carbocycles. The number of urea groups is 1. The van der Waals surface area contributed by atoms with Crippen LogP contribution in [0.15, 0.2) is 0 Å². The van der Waals surface area contributed by atoms with Gasteiger partial charge in [0, 0.05) is 39.3 Å². The number of amidine groups is 1. The Kier molecular flexibility index (Phi) is 5.21. The average Bonchev–Trinajstić information content (AvgIpc) is 2.30. The molecule has 1 rings (SSSR count). The number of rotatable bonds is 4. The fraction of sp³-hybridized carbons (Fsp3) is 0.818. The van der Waals surface area contributed by atoms with Crippen LogP contribution in [0.1, 0.15) is 13.8 Å². The van der Waals surface area contributed by atoms with Crippen LogP contribution in [0, 0.1) is 5.41 Å². The van der Waals surface area contributed by atoms with Crippen LogP contribution >= 0.6 is 0 Å². The summed E-state index contributed by atoms with van der Waals surface area (Å²) in [5.41, 5.74) is 5.36. The molecule has 3 N–H and O–H groups in total. The maximum atomic E-state index is 12.1. The van der Waals surface area contributed by atoms with Gasteiger partial charge in [0.15, 0.2) is 0 Å². The summed E-state index contributed by atoms with van der Waals surface area (Å²) < 4.78 is 0. The SMILES string of the molecule is CCN(CC)C(=O)N1CCN(CC(=N)N)CC1. The molecule has 1 aliphatic rings. The van der Waals surface area contributed by atoms with Crippen LogP contribution in [-0.4, -0.2) is 72.4 Å². The minimum Gasteiger partial charge on any atom is -0.387 e. The van der Waals surface area contributed by atoms with Crippen molar-refractivity contribution in [1.82, 2.24) is 14.7 Å². The molecule has 0 aliphatic carbocycles. The third-order valence-electron chi connectivity index (χ3n) is 3.07. The van der Waals surface area contributed by atoms with Crippen LogP contribution in [0.4, 0.5) is 4.79 Å². The summed E-state index contributed by atoms with van der Waals surface area (Å²) in [6.45, 7) is 9.05. The van der Waals surface area contributed by atoms with Gasteiger partial charge in [-0.3, -0.25) is 10.3 Å². The Morgan fingerprint density at radius 3 is 2.18 bits per heavy atom. The van der Waals surface area contributed by atoms with Gasteiger partial charge in [0.05, 0.1) is 6.54 Å². The first-order valence-corrected chi connectivity index (χ1v) is 6.17. The Bertz CT molecular complexity index is 269. The van der Waals surface area contributed by atoms with E-state index in [1.807, 2.05) is 23.6 Å². The fourth-order valence-corrected chi connectivity index (χ4v) is 2.03. The number of carbonyl (C=O) groups is 1.